The molecule has 0 saturated heterocycles. The first-order valence-corrected chi connectivity index (χ1v) is 9.49. The van der Waals surface area contributed by atoms with Gasteiger partial charge in [-0.3, -0.25) is 9.78 Å². The second-order valence-corrected chi connectivity index (χ2v) is 7.86. The molecule has 142 valence electrons. The topological polar surface area (TPSA) is 57.6 Å². The molecule has 1 N–H and O–H groups in total. The van der Waals surface area contributed by atoms with Crippen LogP contribution in [0.25, 0.3) is 0 Å². The third-order valence-electron chi connectivity index (χ3n) is 5.40. The summed E-state index contributed by atoms with van der Waals surface area (Å²) in [5, 5.41) is 4.16. The lowest BCUT2D eigenvalue weighted by Crippen LogP contribution is -2.48. The zero-order valence-corrected chi connectivity index (χ0v) is 16.8. The molecule has 1 aromatic carbocycles. The Labute approximate surface area is 161 Å². The van der Waals surface area contributed by atoms with Crippen molar-refractivity contribution in [3.05, 3.63) is 58.9 Å². The maximum absolute atomic E-state index is 12.1. The summed E-state index contributed by atoms with van der Waals surface area (Å²) < 4.78 is 0. The van der Waals surface area contributed by atoms with Crippen LogP contribution in [-0.2, 0) is 0 Å². The number of benzene rings is 1. The number of nitrogens with zero attached hydrogens (tertiary/aromatic N) is 3. The molecule has 5 heteroatoms. The van der Waals surface area contributed by atoms with Crippen molar-refractivity contribution in [1.29, 1.82) is 0 Å². The Morgan fingerprint density at radius 2 is 2.07 bits per heavy atom. The molecule has 27 heavy (non-hydrogen) atoms. The number of rotatable bonds is 4. The van der Waals surface area contributed by atoms with Gasteiger partial charge in [0.05, 0.1) is 6.21 Å². The largest absolute Gasteiger partial charge is 0.366 e. The lowest BCUT2D eigenvalue weighted by molar-refractivity contribution is 0.0955. The van der Waals surface area contributed by atoms with Gasteiger partial charge in [0.15, 0.2) is 0 Å². The van der Waals surface area contributed by atoms with Crippen LogP contribution in [0.5, 0.6) is 0 Å². The number of nitrogens with one attached hydrogen (secondary N) is 1. The molecule has 1 amide bonds. The van der Waals surface area contributed by atoms with Gasteiger partial charge in [-0.25, -0.2) is 5.43 Å². The smallest absolute Gasteiger partial charge is 0.271 e. The number of aryl methyl sites for hydroxylation is 1. The lowest BCUT2D eigenvalue weighted by Gasteiger charge is -2.47. The number of pyridine rings is 1. The third kappa shape index (κ3) is 3.87. The zero-order chi connectivity index (χ0) is 19.6. The Hall–Kier alpha value is -2.69. The second-order valence-electron chi connectivity index (χ2n) is 7.86. The predicted molar refractivity (Wildman–Crippen MR) is 111 cm³/mol. The number of fused-ring (bicyclic) bond motifs is 1. The maximum Gasteiger partial charge on any atom is 0.271 e. The van der Waals surface area contributed by atoms with Crippen molar-refractivity contribution in [3.8, 4) is 0 Å². The first-order valence-electron chi connectivity index (χ1n) is 9.49. The fourth-order valence-electron chi connectivity index (χ4n) is 4.12. The summed E-state index contributed by atoms with van der Waals surface area (Å²) in [6, 6.07) is 7.80. The molecule has 5 nitrogen and oxygen atoms in total. The normalized spacial score (nSPS) is 18.4. The van der Waals surface area contributed by atoms with E-state index in [1.54, 1.807) is 30.7 Å². The summed E-state index contributed by atoms with van der Waals surface area (Å²) in [4.78, 5) is 18.5. The number of aromatic nitrogens is 1. The standard InChI is InChI=1S/C22H28N4O/c1-6-26-20-11-15(2)18(12-19(20)16(3)13-22(26,4)5)14-24-25-21(27)17-7-9-23-10-8-17/h7-12,14,16H,6,13H2,1-5H3,(H,25,27)/b24-14-. The Morgan fingerprint density at radius 1 is 1.37 bits per heavy atom. The summed E-state index contributed by atoms with van der Waals surface area (Å²) in [6.45, 7) is 12.2. The molecule has 0 spiro atoms. The van der Waals surface area contributed by atoms with E-state index < -0.39 is 0 Å². The molecule has 3 rings (SSSR count). The highest BCUT2D eigenvalue weighted by Crippen LogP contribution is 2.43. The summed E-state index contributed by atoms with van der Waals surface area (Å²) in [7, 11) is 0. The molecule has 2 aromatic rings. The van der Waals surface area contributed by atoms with Crippen molar-refractivity contribution in [2.75, 3.05) is 11.4 Å². The quantitative estimate of drug-likeness (QED) is 0.651. The molecule has 2 heterocycles. The van der Waals surface area contributed by atoms with E-state index in [0.29, 0.717) is 11.5 Å². The van der Waals surface area contributed by atoms with Crippen LogP contribution < -0.4 is 10.3 Å². The number of carbonyl (C=O) groups is 1. The fourth-order valence-corrected chi connectivity index (χ4v) is 4.12. The average molecular weight is 364 g/mol. The zero-order valence-electron chi connectivity index (χ0n) is 16.8. The Bertz CT molecular complexity index is 858. The van der Waals surface area contributed by atoms with Crippen molar-refractivity contribution >= 4 is 17.8 Å². The Balaban J connectivity index is 1.84. The summed E-state index contributed by atoms with van der Waals surface area (Å²) in [5.74, 6) is 0.244. The molecule has 0 radical (unpaired) electrons. The average Bonchev–Trinajstić information content (AvgIpc) is 2.63. The monoisotopic (exact) mass is 364 g/mol. The van der Waals surface area contributed by atoms with Gasteiger partial charge in [0.25, 0.3) is 5.91 Å². The molecular weight excluding hydrogens is 336 g/mol. The van der Waals surface area contributed by atoms with E-state index in [0.717, 1.165) is 24.1 Å². The van der Waals surface area contributed by atoms with Crippen LogP contribution in [0.4, 0.5) is 5.69 Å². The molecular formula is C22H28N4O. The van der Waals surface area contributed by atoms with E-state index in [2.05, 4.69) is 67.2 Å². The van der Waals surface area contributed by atoms with Gasteiger partial charge in [0.1, 0.15) is 0 Å². The van der Waals surface area contributed by atoms with E-state index in [-0.39, 0.29) is 11.4 Å². The van der Waals surface area contributed by atoms with Gasteiger partial charge in [-0.05, 0) is 81.0 Å². The molecule has 1 aliphatic rings. The van der Waals surface area contributed by atoms with Gasteiger partial charge < -0.3 is 4.90 Å². The highest BCUT2D eigenvalue weighted by atomic mass is 16.2. The summed E-state index contributed by atoms with van der Waals surface area (Å²) >= 11 is 0. The van der Waals surface area contributed by atoms with Crippen molar-refractivity contribution < 1.29 is 4.79 Å². The molecule has 0 saturated carbocycles. The van der Waals surface area contributed by atoms with Gasteiger partial charge in [-0.2, -0.15) is 5.10 Å². The minimum atomic E-state index is -0.239. The maximum atomic E-state index is 12.1. The third-order valence-corrected chi connectivity index (χ3v) is 5.40. The van der Waals surface area contributed by atoms with Gasteiger partial charge in [0, 0.05) is 35.7 Å². The lowest BCUT2D eigenvalue weighted by atomic mass is 9.79. The number of hydrogen-bond acceptors (Lipinski definition) is 4. The van der Waals surface area contributed by atoms with Crippen molar-refractivity contribution in [2.45, 2.75) is 52.5 Å². The summed E-state index contributed by atoms with van der Waals surface area (Å²) in [6.07, 6.45) is 6.03. The first-order chi connectivity index (χ1) is 12.8. The van der Waals surface area contributed by atoms with E-state index >= 15 is 0 Å². The molecule has 1 unspecified atom stereocenters. The van der Waals surface area contributed by atoms with Crippen LogP contribution >= 0.6 is 0 Å². The van der Waals surface area contributed by atoms with Crippen molar-refractivity contribution in [1.82, 2.24) is 10.4 Å². The van der Waals surface area contributed by atoms with Crippen molar-refractivity contribution in [3.63, 3.8) is 0 Å². The van der Waals surface area contributed by atoms with Crippen LogP contribution in [0.1, 0.15) is 67.1 Å². The van der Waals surface area contributed by atoms with Crippen LogP contribution in [0.15, 0.2) is 41.8 Å². The van der Waals surface area contributed by atoms with Gasteiger partial charge in [-0.1, -0.05) is 6.92 Å². The molecule has 0 aliphatic carbocycles. The minimum Gasteiger partial charge on any atom is -0.366 e. The molecule has 1 aromatic heterocycles. The molecule has 0 bridgehead atoms. The van der Waals surface area contributed by atoms with Gasteiger partial charge in [0.2, 0.25) is 0 Å². The Kier molecular flexibility index (Phi) is 5.31. The first kappa shape index (κ1) is 19.1. The highest BCUT2D eigenvalue weighted by molar-refractivity contribution is 5.95. The Morgan fingerprint density at radius 3 is 2.74 bits per heavy atom. The molecule has 0 fully saturated rings. The predicted octanol–water partition coefficient (Wildman–Crippen LogP) is 4.27. The molecule has 1 aliphatic heterocycles. The number of carbonyl (C=O) groups excluding carboxylic acids is 1. The number of anilines is 1. The number of hydrazone groups is 1. The van der Waals surface area contributed by atoms with Crippen LogP contribution in [0.3, 0.4) is 0 Å². The van der Waals surface area contributed by atoms with Gasteiger partial charge in [-0.15, -0.1) is 0 Å². The fraction of sp³-hybridized carbons (Fsp3) is 0.409. The highest BCUT2D eigenvalue weighted by Gasteiger charge is 2.35. The van der Waals surface area contributed by atoms with Crippen LogP contribution in [0, 0.1) is 6.92 Å². The minimum absolute atomic E-state index is 0.154. The van der Waals surface area contributed by atoms with E-state index in [9.17, 15) is 4.79 Å². The number of amides is 1. The van der Waals surface area contributed by atoms with E-state index in [1.165, 1.54) is 11.3 Å². The number of hydrogen-bond donors (Lipinski definition) is 1. The van der Waals surface area contributed by atoms with Gasteiger partial charge >= 0.3 is 0 Å². The van der Waals surface area contributed by atoms with E-state index in [4.69, 9.17) is 0 Å². The van der Waals surface area contributed by atoms with Crippen LogP contribution in [-0.4, -0.2) is 29.2 Å². The van der Waals surface area contributed by atoms with Crippen LogP contribution in [0.2, 0.25) is 0 Å². The van der Waals surface area contributed by atoms with E-state index in [1.807, 2.05) is 0 Å². The molecule has 1 atom stereocenters. The second kappa shape index (κ2) is 7.51. The SMILES string of the molecule is CCN1c2cc(C)c(/C=N\NC(=O)c3ccncc3)cc2C(C)CC1(C)C. The summed E-state index contributed by atoms with van der Waals surface area (Å²) in [5.41, 5.74) is 8.14. The van der Waals surface area contributed by atoms with Crippen molar-refractivity contribution in [2.24, 2.45) is 5.10 Å².